The topological polar surface area (TPSA) is 75.8 Å². The molecule has 0 heterocycles. The van der Waals surface area contributed by atoms with Gasteiger partial charge in [-0.05, 0) is 22.3 Å². The quantitative estimate of drug-likeness (QED) is 0.625. The van der Waals surface area contributed by atoms with Gasteiger partial charge in [0, 0.05) is 0 Å². The maximum absolute atomic E-state index is 10.4. The van der Waals surface area contributed by atoms with Crippen molar-refractivity contribution >= 4 is 27.8 Å². The minimum Gasteiger partial charge on any atom is -0.375 e. The normalized spacial score (nSPS) is 9.33. The first-order valence-corrected chi connectivity index (χ1v) is 5.45. The lowest BCUT2D eigenvalue weighted by Gasteiger charge is -2.13. The van der Waals surface area contributed by atoms with Crippen molar-refractivity contribution in [2.45, 2.75) is 6.54 Å². The van der Waals surface area contributed by atoms with E-state index < -0.39 is 10.5 Å². The smallest absolute Gasteiger partial charge is 0.333 e. The molecular formula is C8H9N3O2S2. The molecule has 0 aliphatic rings. The summed E-state index contributed by atoms with van der Waals surface area (Å²) in [5, 5.41) is 0.969. The lowest BCUT2D eigenvalue weighted by molar-refractivity contribution is 0.444. The predicted molar refractivity (Wildman–Crippen MR) is 60.1 cm³/mol. The van der Waals surface area contributed by atoms with Gasteiger partial charge in [0.05, 0.1) is 6.54 Å². The summed E-state index contributed by atoms with van der Waals surface area (Å²) in [5.74, 6) is 0. The Morgan fingerprint density at radius 1 is 1.40 bits per heavy atom. The number of nitrogens with two attached hydrogens (primary N) is 1. The number of hydrogen-bond donors (Lipinski definition) is 1. The molecule has 0 saturated heterocycles. The van der Waals surface area contributed by atoms with Gasteiger partial charge >= 0.3 is 10.5 Å². The van der Waals surface area contributed by atoms with Crippen LogP contribution in [-0.2, 0) is 17.0 Å². The monoisotopic (exact) mass is 243 g/mol. The van der Waals surface area contributed by atoms with E-state index in [9.17, 15) is 8.42 Å². The fourth-order valence-corrected chi connectivity index (χ4v) is 1.45. The van der Waals surface area contributed by atoms with Crippen LogP contribution < -0.4 is 5.73 Å². The van der Waals surface area contributed by atoms with Crippen molar-refractivity contribution in [1.82, 2.24) is 5.01 Å². The molecule has 2 N–H and O–H groups in total. The van der Waals surface area contributed by atoms with E-state index >= 15 is 0 Å². The van der Waals surface area contributed by atoms with Crippen LogP contribution in [0.4, 0.5) is 0 Å². The Labute approximate surface area is 94.2 Å². The Morgan fingerprint density at radius 3 is 2.47 bits per heavy atom. The van der Waals surface area contributed by atoms with E-state index in [1.807, 2.05) is 30.3 Å². The highest BCUT2D eigenvalue weighted by Gasteiger charge is 2.05. The number of thiocarbonyl (C=S) groups is 1. The predicted octanol–water partition coefficient (Wildman–Crippen LogP) is 0.710. The van der Waals surface area contributed by atoms with Crippen LogP contribution in [0.15, 0.2) is 34.8 Å². The van der Waals surface area contributed by atoms with Crippen LogP contribution in [0.25, 0.3) is 0 Å². The molecule has 0 amide bonds. The van der Waals surface area contributed by atoms with Crippen molar-refractivity contribution in [3.05, 3.63) is 35.9 Å². The van der Waals surface area contributed by atoms with Crippen molar-refractivity contribution < 1.29 is 8.42 Å². The van der Waals surface area contributed by atoms with Gasteiger partial charge in [0.15, 0.2) is 5.11 Å². The second-order valence-electron chi connectivity index (χ2n) is 2.68. The SMILES string of the molecule is NC(=S)N(Cc1ccccc1)N=S(=O)=O. The fraction of sp³-hybridized carbons (Fsp3) is 0.125. The maximum Gasteiger partial charge on any atom is 0.333 e. The molecule has 0 fully saturated rings. The molecule has 0 saturated carbocycles. The summed E-state index contributed by atoms with van der Waals surface area (Å²) >= 11 is 4.67. The van der Waals surface area contributed by atoms with Gasteiger partial charge in [-0.2, -0.15) is 8.42 Å². The first-order chi connectivity index (χ1) is 7.09. The van der Waals surface area contributed by atoms with Crippen LogP contribution in [0.3, 0.4) is 0 Å². The molecule has 0 aliphatic carbocycles. The molecule has 15 heavy (non-hydrogen) atoms. The van der Waals surface area contributed by atoms with Gasteiger partial charge in [0.2, 0.25) is 0 Å². The lowest BCUT2D eigenvalue weighted by Crippen LogP contribution is -2.30. The summed E-state index contributed by atoms with van der Waals surface area (Å²) < 4.78 is 24.0. The van der Waals surface area contributed by atoms with Crippen molar-refractivity contribution in [1.29, 1.82) is 0 Å². The van der Waals surface area contributed by atoms with Gasteiger partial charge in [-0.25, -0.2) is 5.01 Å². The lowest BCUT2D eigenvalue weighted by atomic mass is 10.2. The van der Waals surface area contributed by atoms with Gasteiger partial charge < -0.3 is 5.73 Å². The molecule has 0 aliphatic heterocycles. The van der Waals surface area contributed by atoms with Gasteiger partial charge in [0.1, 0.15) is 0 Å². The maximum atomic E-state index is 10.4. The van der Waals surface area contributed by atoms with Crippen molar-refractivity contribution in [2.24, 2.45) is 10.2 Å². The summed E-state index contributed by atoms with van der Waals surface area (Å²) in [6.45, 7) is 0.240. The molecule has 1 aromatic rings. The molecule has 0 radical (unpaired) electrons. The number of hydrogen-bond acceptors (Lipinski definition) is 4. The average molecular weight is 243 g/mol. The molecule has 0 aromatic heterocycles. The van der Waals surface area contributed by atoms with E-state index in [0.717, 1.165) is 10.6 Å². The number of benzene rings is 1. The summed E-state index contributed by atoms with van der Waals surface area (Å²) in [4.78, 5) is 0. The van der Waals surface area contributed by atoms with Crippen molar-refractivity contribution in [3.63, 3.8) is 0 Å². The first kappa shape index (κ1) is 11.6. The Bertz CT molecular complexity index is 462. The largest absolute Gasteiger partial charge is 0.375 e. The van der Waals surface area contributed by atoms with E-state index in [0.29, 0.717) is 0 Å². The number of rotatable bonds is 3. The summed E-state index contributed by atoms with van der Waals surface area (Å²) in [6.07, 6.45) is 0. The molecular weight excluding hydrogens is 234 g/mol. The molecule has 7 heteroatoms. The van der Waals surface area contributed by atoms with Crippen LogP contribution in [0.5, 0.6) is 0 Å². The van der Waals surface area contributed by atoms with Gasteiger partial charge in [-0.3, -0.25) is 0 Å². The van der Waals surface area contributed by atoms with Crippen molar-refractivity contribution in [2.75, 3.05) is 0 Å². The van der Waals surface area contributed by atoms with E-state index in [2.05, 4.69) is 16.7 Å². The van der Waals surface area contributed by atoms with E-state index in [4.69, 9.17) is 5.73 Å². The highest BCUT2D eigenvalue weighted by atomic mass is 32.2. The zero-order valence-corrected chi connectivity index (χ0v) is 9.33. The summed E-state index contributed by atoms with van der Waals surface area (Å²) in [6, 6.07) is 9.18. The van der Waals surface area contributed by atoms with Crippen LogP contribution in [0.1, 0.15) is 5.56 Å². The van der Waals surface area contributed by atoms with Crippen LogP contribution in [0, 0.1) is 0 Å². The van der Waals surface area contributed by atoms with Gasteiger partial charge in [0.25, 0.3) is 0 Å². The van der Waals surface area contributed by atoms with Gasteiger partial charge in [-0.1, -0.05) is 30.3 Å². The molecule has 80 valence electrons. The second-order valence-corrected chi connectivity index (χ2v) is 3.70. The molecule has 0 spiro atoms. The zero-order chi connectivity index (χ0) is 11.3. The second kappa shape index (κ2) is 5.42. The average Bonchev–Trinajstić information content (AvgIpc) is 2.17. The minimum atomic E-state index is -2.56. The zero-order valence-electron chi connectivity index (χ0n) is 7.70. The molecule has 1 rings (SSSR count). The summed E-state index contributed by atoms with van der Waals surface area (Å²) in [5.41, 5.74) is 6.20. The van der Waals surface area contributed by atoms with Crippen molar-refractivity contribution in [3.8, 4) is 0 Å². The Hall–Kier alpha value is -1.47. The third kappa shape index (κ3) is 4.05. The third-order valence-corrected chi connectivity index (χ3v) is 2.14. The minimum absolute atomic E-state index is 0.0805. The highest BCUT2D eigenvalue weighted by molar-refractivity contribution is 7.80. The Morgan fingerprint density at radius 2 is 2.00 bits per heavy atom. The van der Waals surface area contributed by atoms with Crippen LogP contribution in [-0.4, -0.2) is 18.5 Å². The molecule has 0 unspecified atom stereocenters. The fourth-order valence-electron chi connectivity index (χ4n) is 0.984. The summed E-state index contributed by atoms with van der Waals surface area (Å²) in [7, 11) is -2.56. The first-order valence-electron chi connectivity index (χ1n) is 4.01. The molecule has 0 bridgehead atoms. The highest BCUT2D eigenvalue weighted by Crippen LogP contribution is 2.04. The molecule has 0 atom stereocenters. The van der Waals surface area contributed by atoms with Crippen LogP contribution in [0.2, 0.25) is 0 Å². The van der Waals surface area contributed by atoms with E-state index in [-0.39, 0.29) is 11.7 Å². The standard InChI is InChI=1S/C8H9N3O2S2/c9-8(14)11(10-15(12)13)6-7-4-2-1-3-5-7/h1-5H,6H2,(H2,9,14). The van der Waals surface area contributed by atoms with Crippen LogP contribution >= 0.6 is 12.2 Å². The Balaban J connectivity index is 2.86. The van der Waals surface area contributed by atoms with E-state index in [1.54, 1.807) is 0 Å². The molecule has 5 nitrogen and oxygen atoms in total. The van der Waals surface area contributed by atoms with E-state index in [1.165, 1.54) is 0 Å². The molecule has 1 aromatic carbocycles. The van der Waals surface area contributed by atoms with Gasteiger partial charge in [-0.15, -0.1) is 0 Å². The number of nitrogens with zero attached hydrogens (tertiary/aromatic N) is 2. The Kier molecular flexibility index (Phi) is 4.19. The third-order valence-electron chi connectivity index (χ3n) is 1.59.